The minimum absolute atomic E-state index is 0.203. The average Bonchev–Trinajstić information content (AvgIpc) is 2.65. The van der Waals surface area contributed by atoms with Gasteiger partial charge in [-0.15, -0.1) is 0 Å². The van der Waals surface area contributed by atoms with Crippen molar-refractivity contribution in [1.29, 1.82) is 0 Å². The van der Waals surface area contributed by atoms with Crippen molar-refractivity contribution in [3.63, 3.8) is 0 Å². The van der Waals surface area contributed by atoms with E-state index < -0.39 is 11.8 Å². The summed E-state index contributed by atoms with van der Waals surface area (Å²) < 4.78 is 0. The van der Waals surface area contributed by atoms with Crippen LogP contribution in [0.25, 0.3) is 0 Å². The van der Waals surface area contributed by atoms with Crippen molar-refractivity contribution in [3.05, 3.63) is 29.8 Å². The van der Waals surface area contributed by atoms with Crippen LogP contribution in [0.3, 0.4) is 0 Å². The predicted octanol–water partition coefficient (Wildman–Crippen LogP) is 2.35. The first-order valence-corrected chi connectivity index (χ1v) is 10.4. The van der Waals surface area contributed by atoms with E-state index in [1.165, 1.54) is 44.1 Å². The maximum atomic E-state index is 12.0. The van der Waals surface area contributed by atoms with Gasteiger partial charge in [-0.05, 0) is 86.3 Å². The van der Waals surface area contributed by atoms with Crippen LogP contribution in [0.4, 0.5) is 5.69 Å². The van der Waals surface area contributed by atoms with Crippen molar-refractivity contribution >= 4 is 23.4 Å². The molecule has 1 aromatic rings. The third-order valence-electron chi connectivity index (χ3n) is 6.78. The van der Waals surface area contributed by atoms with Crippen LogP contribution >= 0.6 is 0 Å². The molecule has 0 unspecified atom stereocenters. The Bertz CT molecular complexity index is 736. The third-order valence-corrected chi connectivity index (χ3v) is 6.78. The highest BCUT2D eigenvalue weighted by Crippen LogP contribution is 2.60. The smallest absolute Gasteiger partial charge is 0.313 e. The highest BCUT2D eigenvalue weighted by atomic mass is 16.2. The Morgan fingerprint density at radius 1 is 0.893 bits per heavy atom. The summed E-state index contributed by atoms with van der Waals surface area (Å²) in [6, 6.07) is 8.02. The summed E-state index contributed by atoms with van der Waals surface area (Å²) in [6.07, 6.45) is 8.14. The van der Waals surface area contributed by atoms with Crippen LogP contribution in [0.15, 0.2) is 24.3 Å². The monoisotopic (exact) mass is 383 g/mol. The number of hydrogen-bond acceptors (Lipinski definition) is 3. The first kappa shape index (κ1) is 19.0. The van der Waals surface area contributed by atoms with Gasteiger partial charge in [-0.2, -0.15) is 0 Å². The molecule has 0 aromatic heterocycles. The summed E-state index contributed by atoms with van der Waals surface area (Å²) in [5, 5.41) is 7.50. The molecular formula is C22H29N3O3. The van der Waals surface area contributed by atoms with Crippen LogP contribution in [-0.2, 0) is 19.8 Å². The zero-order valence-corrected chi connectivity index (χ0v) is 16.4. The van der Waals surface area contributed by atoms with Gasteiger partial charge in [-0.3, -0.25) is 14.4 Å². The van der Waals surface area contributed by atoms with Crippen LogP contribution < -0.4 is 16.0 Å². The minimum Gasteiger partial charge on any atom is -0.355 e. The molecule has 5 rings (SSSR count). The molecule has 0 heterocycles. The number of hydrogen-bond donors (Lipinski definition) is 3. The second-order valence-electron chi connectivity index (χ2n) is 8.87. The number of likely N-dealkylation sites (N-methyl/N-ethyl adjacent to an activating group) is 1. The largest absolute Gasteiger partial charge is 0.355 e. The maximum absolute atomic E-state index is 12.0. The fraction of sp³-hybridized carbons (Fsp3) is 0.591. The SMILES string of the molecule is CCNC(=O)CNC(=O)C(=O)Nc1ccc(C23CC4CC(CC(C4)C2)C3)cc1. The Hall–Kier alpha value is -2.37. The van der Waals surface area contributed by atoms with Gasteiger partial charge in [0.05, 0.1) is 6.54 Å². The Morgan fingerprint density at radius 2 is 1.46 bits per heavy atom. The van der Waals surface area contributed by atoms with E-state index in [4.69, 9.17) is 0 Å². The lowest BCUT2D eigenvalue weighted by molar-refractivity contribution is -0.136. The van der Waals surface area contributed by atoms with Crippen LogP contribution in [-0.4, -0.2) is 30.8 Å². The zero-order chi connectivity index (χ0) is 19.7. The summed E-state index contributed by atoms with van der Waals surface area (Å²) in [5.41, 5.74) is 2.30. The number of amides is 3. The van der Waals surface area contributed by atoms with Gasteiger partial charge in [0.2, 0.25) is 5.91 Å². The summed E-state index contributed by atoms with van der Waals surface area (Å²) in [7, 11) is 0. The second-order valence-corrected chi connectivity index (χ2v) is 8.87. The van der Waals surface area contributed by atoms with Crippen molar-refractivity contribution < 1.29 is 14.4 Å². The van der Waals surface area contributed by atoms with Gasteiger partial charge in [0.25, 0.3) is 0 Å². The van der Waals surface area contributed by atoms with Gasteiger partial charge < -0.3 is 16.0 Å². The Balaban J connectivity index is 1.35. The molecule has 6 heteroatoms. The van der Waals surface area contributed by atoms with Gasteiger partial charge in [-0.25, -0.2) is 0 Å². The molecule has 4 saturated carbocycles. The van der Waals surface area contributed by atoms with Crippen molar-refractivity contribution in [2.45, 2.75) is 50.9 Å². The standard InChI is InChI=1S/C22H29N3O3/c1-2-23-19(26)13-24-20(27)21(28)25-18-5-3-17(4-6-18)22-10-14-7-15(11-22)9-16(8-14)12-22/h3-6,14-16H,2,7-13H2,1H3,(H,23,26)(H,24,27)(H,25,28). The number of carbonyl (C=O) groups is 3. The van der Waals surface area contributed by atoms with E-state index in [9.17, 15) is 14.4 Å². The molecule has 6 nitrogen and oxygen atoms in total. The van der Waals surface area contributed by atoms with E-state index in [1.54, 1.807) is 6.92 Å². The van der Waals surface area contributed by atoms with Crippen molar-refractivity contribution in [3.8, 4) is 0 Å². The first-order chi connectivity index (χ1) is 13.5. The molecule has 4 fully saturated rings. The minimum atomic E-state index is -0.809. The van der Waals surface area contributed by atoms with Crippen LogP contribution in [0.1, 0.15) is 51.0 Å². The molecule has 0 atom stereocenters. The predicted molar refractivity (Wildman–Crippen MR) is 107 cm³/mol. The van der Waals surface area contributed by atoms with Gasteiger partial charge in [-0.1, -0.05) is 12.1 Å². The van der Waals surface area contributed by atoms with Crippen LogP contribution in [0.5, 0.6) is 0 Å². The van der Waals surface area contributed by atoms with Crippen molar-refractivity contribution in [1.82, 2.24) is 10.6 Å². The molecule has 4 aliphatic rings. The fourth-order valence-electron chi connectivity index (χ4n) is 6.06. The summed E-state index contributed by atoms with van der Waals surface area (Å²) in [4.78, 5) is 35.3. The highest BCUT2D eigenvalue weighted by Gasteiger charge is 2.51. The molecule has 4 bridgehead atoms. The van der Waals surface area contributed by atoms with E-state index >= 15 is 0 Å². The molecule has 0 spiro atoms. The van der Waals surface area contributed by atoms with Crippen LogP contribution in [0, 0.1) is 17.8 Å². The Kier molecular flexibility index (Phi) is 5.13. The molecule has 0 saturated heterocycles. The van der Waals surface area contributed by atoms with E-state index in [-0.39, 0.29) is 12.5 Å². The summed E-state index contributed by atoms with van der Waals surface area (Å²) in [6.45, 7) is 2.07. The topological polar surface area (TPSA) is 87.3 Å². The first-order valence-electron chi connectivity index (χ1n) is 10.4. The number of rotatable bonds is 5. The average molecular weight is 383 g/mol. The Morgan fingerprint density at radius 3 is 2.00 bits per heavy atom. The third kappa shape index (κ3) is 3.77. The molecule has 4 aliphatic carbocycles. The molecule has 1 aromatic carbocycles. The molecule has 150 valence electrons. The fourth-order valence-corrected chi connectivity index (χ4v) is 6.06. The zero-order valence-electron chi connectivity index (χ0n) is 16.4. The van der Waals surface area contributed by atoms with Crippen molar-refractivity contribution in [2.75, 3.05) is 18.4 Å². The lowest BCUT2D eigenvalue weighted by atomic mass is 9.48. The van der Waals surface area contributed by atoms with E-state index in [0.717, 1.165) is 17.8 Å². The van der Waals surface area contributed by atoms with E-state index in [0.29, 0.717) is 17.6 Å². The molecule has 0 aliphatic heterocycles. The van der Waals surface area contributed by atoms with E-state index in [1.807, 2.05) is 12.1 Å². The number of carbonyl (C=O) groups excluding carboxylic acids is 3. The normalized spacial score (nSPS) is 30.0. The number of anilines is 1. The van der Waals surface area contributed by atoms with E-state index in [2.05, 4.69) is 28.1 Å². The lowest BCUT2D eigenvalue weighted by Gasteiger charge is -2.57. The lowest BCUT2D eigenvalue weighted by Crippen LogP contribution is -2.48. The molecular weight excluding hydrogens is 354 g/mol. The van der Waals surface area contributed by atoms with Gasteiger partial charge >= 0.3 is 11.8 Å². The maximum Gasteiger partial charge on any atom is 0.313 e. The van der Waals surface area contributed by atoms with Crippen LogP contribution in [0.2, 0.25) is 0 Å². The summed E-state index contributed by atoms with van der Waals surface area (Å²) in [5.74, 6) is 0.782. The Labute approximate surface area is 165 Å². The van der Waals surface area contributed by atoms with Gasteiger partial charge in [0.1, 0.15) is 0 Å². The van der Waals surface area contributed by atoms with Gasteiger partial charge in [0.15, 0.2) is 0 Å². The molecule has 0 radical (unpaired) electrons. The van der Waals surface area contributed by atoms with Gasteiger partial charge in [0, 0.05) is 12.2 Å². The molecule has 3 N–H and O–H groups in total. The highest BCUT2D eigenvalue weighted by molar-refractivity contribution is 6.39. The number of nitrogens with one attached hydrogen (secondary N) is 3. The molecule has 28 heavy (non-hydrogen) atoms. The second kappa shape index (κ2) is 7.57. The molecule has 3 amide bonds. The summed E-state index contributed by atoms with van der Waals surface area (Å²) >= 11 is 0. The van der Waals surface area contributed by atoms with Crippen molar-refractivity contribution in [2.24, 2.45) is 17.8 Å². The quantitative estimate of drug-likeness (QED) is 0.682. The number of benzene rings is 1.